The summed E-state index contributed by atoms with van der Waals surface area (Å²) in [5.41, 5.74) is 0. The Labute approximate surface area is 460 Å². The maximum atomic E-state index is 12.8. The van der Waals surface area contributed by atoms with Gasteiger partial charge in [0.25, 0.3) is 0 Å². The summed E-state index contributed by atoms with van der Waals surface area (Å²) in [4.78, 5) is 38.1. The predicted molar refractivity (Wildman–Crippen MR) is 321 cm³/mol. The van der Waals surface area contributed by atoms with Crippen LogP contribution in [0, 0.1) is 0 Å². The Morgan fingerprint density at radius 2 is 0.514 bits per heavy atom. The molecule has 0 fully saturated rings. The Morgan fingerprint density at radius 3 is 0.770 bits per heavy atom. The van der Waals surface area contributed by atoms with Crippen molar-refractivity contribution in [1.82, 2.24) is 0 Å². The molecule has 1 unspecified atom stereocenters. The van der Waals surface area contributed by atoms with E-state index in [1.54, 1.807) is 6.08 Å². The van der Waals surface area contributed by atoms with Crippen LogP contribution in [0.1, 0.15) is 335 Å². The molecule has 430 valence electrons. The summed E-state index contributed by atoms with van der Waals surface area (Å²) in [6.07, 6.45) is 79.9. The van der Waals surface area contributed by atoms with Crippen molar-refractivity contribution in [2.24, 2.45) is 0 Å². The first-order valence-electron chi connectivity index (χ1n) is 32.3. The van der Waals surface area contributed by atoms with Crippen molar-refractivity contribution in [3.8, 4) is 0 Å². The third-order valence-corrected chi connectivity index (χ3v) is 14.3. The average Bonchev–Trinajstić information content (AvgIpc) is 3.40. The quantitative estimate of drug-likeness (QED) is 0.0261. The molecule has 0 aliphatic rings. The molecule has 6 heteroatoms. The fraction of sp³-hybridized carbons (Fsp3) is 0.809. The van der Waals surface area contributed by atoms with Crippen LogP contribution in [0.15, 0.2) is 60.8 Å². The van der Waals surface area contributed by atoms with E-state index >= 15 is 0 Å². The summed E-state index contributed by atoms with van der Waals surface area (Å²) < 4.78 is 16.8. The molecule has 0 aromatic rings. The normalized spacial score (nSPS) is 12.4. The molecule has 6 nitrogen and oxygen atoms in total. The summed E-state index contributed by atoms with van der Waals surface area (Å²) in [6, 6.07) is 0. The lowest BCUT2D eigenvalue weighted by atomic mass is 10.0. The number of hydrogen-bond donors (Lipinski definition) is 0. The molecule has 0 aliphatic heterocycles. The van der Waals surface area contributed by atoms with Crippen molar-refractivity contribution in [3.63, 3.8) is 0 Å². The van der Waals surface area contributed by atoms with E-state index in [1.165, 1.54) is 225 Å². The first-order chi connectivity index (χ1) is 36.5. The minimum Gasteiger partial charge on any atom is -0.462 e. The summed E-state index contributed by atoms with van der Waals surface area (Å²) in [5.74, 6) is -1.02. The molecule has 0 bridgehead atoms. The summed E-state index contributed by atoms with van der Waals surface area (Å²) in [7, 11) is 0. The topological polar surface area (TPSA) is 78.9 Å². The Morgan fingerprint density at radius 1 is 0.284 bits per heavy atom. The second-order valence-corrected chi connectivity index (χ2v) is 21.7. The third kappa shape index (κ3) is 60.0. The van der Waals surface area contributed by atoms with Gasteiger partial charge in [0.2, 0.25) is 0 Å². The number of rotatable bonds is 59. The number of carbonyl (C=O) groups excluding carboxylic acids is 3. The maximum absolute atomic E-state index is 12.8. The van der Waals surface area contributed by atoms with Crippen LogP contribution in [-0.4, -0.2) is 37.2 Å². The lowest BCUT2D eigenvalue weighted by Gasteiger charge is -2.18. The zero-order valence-electron chi connectivity index (χ0n) is 49.4. The van der Waals surface area contributed by atoms with Crippen LogP contribution < -0.4 is 0 Å². The SMILES string of the molecule is CC/C=C\C/C=C\C/C=C\C/C=C\C/C=C\CC(=O)OC(COC(=O)CCCCCCCCCCCCCCC)COC(=O)CCCCCCCCCCCCCCCCCCCCCCCCCCCCCC. The molecule has 0 heterocycles. The third-order valence-electron chi connectivity index (χ3n) is 14.3. The Kier molecular flexibility index (Phi) is 60.2. The number of ether oxygens (including phenoxy) is 3. The van der Waals surface area contributed by atoms with Crippen LogP contribution in [0.3, 0.4) is 0 Å². The van der Waals surface area contributed by atoms with E-state index in [4.69, 9.17) is 14.2 Å². The molecule has 0 saturated heterocycles. The van der Waals surface area contributed by atoms with Gasteiger partial charge in [-0.05, 0) is 44.9 Å². The van der Waals surface area contributed by atoms with Crippen molar-refractivity contribution in [2.45, 2.75) is 341 Å². The fourth-order valence-corrected chi connectivity index (χ4v) is 9.52. The van der Waals surface area contributed by atoms with Crippen molar-refractivity contribution >= 4 is 17.9 Å². The van der Waals surface area contributed by atoms with E-state index in [1.807, 2.05) is 6.08 Å². The molecule has 0 saturated carbocycles. The van der Waals surface area contributed by atoms with E-state index in [0.29, 0.717) is 12.8 Å². The van der Waals surface area contributed by atoms with Gasteiger partial charge in [-0.25, -0.2) is 0 Å². The molecule has 0 aliphatic carbocycles. The van der Waals surface area contributed by atoms with Crippen LogP contribution in [0.2, 0.25) is 0 Å². The molecular weight excluding hydrogens is 913 g/mol. The first-order valence-corrected chi connectivity index (χ1v) is 32.3. The Bertz CT molecular complexity index is 1330. The molecule has 0 aromatic carbocycles. The van der Waals surface area contributed by atoms with E-state index in [2.05, 4.69) is 69.4 Å². The van der Waals surface area contributed by atoms with E-state index in [-0.39, 0.29) is 31.6 Å². The van der Waals surface area contributed by atoms with Crippen LogP contribution >= 0.6 is 0 Å². The van der Waals surface area contributed by atoms with Gasteiger partial charge in [0.05, 0.1) is 6.42 Å². The molecule has 0 amide bonds. The average molecular weight is 1040 g/mol. The summed E-state index contributed by atoms with van der Waals surface area (Å²) in [5, 5.41) is 0. The highest BCUT2D eigenvalue weighted by Gasteiger charge is 2.19. The lowest BCUT2D eigenvalue weighted by Crippen LogP contribution is -2.30. The van der Waals surface area contributed by atoms with Gasteiger partial charge in [-0.3, -0.25) is 14.4 Å². The monoisotopic (exact) mass is 1030 g/mol. The number of carbonyl (C=O) groups is 3. The number of esters is 3. The first kappa shape index (κ1) is 71.1. The fourth-order valence-electron chi connectivity index (χ4n) is 9.52. The van der Waals surface area contributed by atoms with Gasteiger partial charge in [-0.2, -0.15) is 0 Å². The number of hydrogen-bond acceptors (Lipinski definition) is 6. The van der Waals surface area contributed by atoms with Gasteiger partial charge >= 0.3 is 17.9 Å². The minimum atomic E-state index is -0.826. The van der Waals surface area contributed by atoms with Gasteiger partial charge in [0.1, 0.15) is 13.2 Å². The lowest BCUT2D eigenvalue weighted by molar-refractivity contribution is -0.166. The molecule has 0 N–H and O–H groups in total. The summed E-state index contributed by atoms with van der Waals surface area (Å²) >= 11 is 0. The maximum Gasteiger partial charge on any atom is 0.310 e. The molecule has 0 rings (SSSR count). The minimum absolute atomic E-state index is 0.102. The Balaban J connectivity index is 4.23. The van der Waals surface area contributed by atoms with Crippen LogP contribution in [0.25, 0.3) is 0 Å². The molecule has 1 atom stereocenters. The molecule has 0 spiro atoms. The van der Waals surface area contributed by atoms with Crippen LogP contribution in [0.5, 0.6) is 0 Å². The highest BCUT2D eigenvalue weighted by Crippen LogP contribution is 2.18. The number of unbranched alkanes of at least 4 members (excludes halogenated alkanes) is 39. The summed E-state index contributed by atoms with van der Waals surface area (Å²) in [6.45, 7) is 6.49. The van der Waals surface area contributed by atoms with Gasteiger partial charge in [0.15, 0.2) is 6.10 Å². The van der Waals surface area contributed by atoms with Crippen LogP contribution in [0.4, 0.5) is 0 Å². The largest absolute Gasteiger partial charge is 0.462 e. The van der Waals surface area contributed by atoms with Gasteiger partial charge < -0.3 is 14.2 Å². The molecule has 0 aromatic heterocycles. The van der Waals surface area contributed by atoms with E-state index in [0.717, 1.165) is 70.6 Å². The Hall–Kier alpha value is -2.89. The van der Waals surface area contributed by atoms with Crippen molar-refractivity contribution in [2.75, 3.05) is 13.2 Å². The molecule has 0 radical (unpaired) electrons. The standard InChI is InChI=1S/C68H122O6/c1-4-7-10-13-16-19-22-25-27-28-29-30-31-32-33-34-35-36-37-38-39-41-43-46-49-52-55-58-61-67(70)73-64-65(63-72-66(69)60-57-54-51-48-45-42-24-21-18-15-12-9-6-3)74-68(71)62-59-56-53-50-47-44-40-26-23-20-17-14-11-8-5-2/h8,11,17,20,26,40,47,50,56,59,65H,4-7,9-10,12-16,18-19,21-25,27-39,41-46,48-49,51-55,57-58,60-64H2,1-3H3/b11-8-,20-17-,40-26-,50-47-,59-56-. The van der Waals surface area contributed by atoms with Gasteiger partial charge in [-0.1, -0.05) is 332 Å². The van der Waals surface area contributed by atoms with Crippen molar-refractivity contribution in [1.29, 1.82) is 0 Å². The smallest absolute Gasteiger partial charge is 0.310 e. The zero-order valence-corrected chi connectivity index (χ0v) is 49.4. The second-order valence-electron chi connectivity index (χ2n) is 21.7. The second kappa shape index (κ2) is 62.6. The zero-order chi connectivity index (χ0) is 53.6. The van der Waals surface area contributed by atoms with Crippen molar-refractivity contribution < 1.29 is 28.6 Å². The number of allylic oxidation sites excluding steroid dienone is 9. The molecule has 74 heavy (non-hydrogen) atoms. The van der Waals surface area contributed by atoms with Gasteiger partial charge in [0, 0.05) is 12.8 Å². The van der Waals surface area contributed by atoms with Gasteiger partial charge in [-0.15, -0.1) is 0 Å². The highest BCUT2D eigenvalue weighted by molar-refractivity contribution is 5.72. The van der Waals surface area contributed by atoms with Crippen LogP contribution in [-0.2, 0) is 28.6 Å². The van der Waals surface area contributed by atoms with Crippen molar-refractivity contribution in [3.05, 3.63) is 60.8 Å². The molecular formula is C68H122O6. The van der Waals surface area contributed by atoms with E-state index < -0.39 is 12.1 Å². The van der Waals surface area contributed by atoms with E-state index in [9.17, 15) is 14.4 Å². The predicted octanol–water partition coefficient (Wildman–Crippen LogP) is 21.9. The highest BCUT2D eigenvalue weighted by atomic mass is 16.6.